The van der Waals surface area contributed by atoms with E-state index in [2.05, 4.69) is 35.4 Å². The second kappa shape index (κ2) is 6.60. The van der Waals surface area contributed by atoms with Gasteiger partial charge in [0.25, 0.3) is 0 Å². The number of nitrogens with zero attached hydrogens (tertiary/aromatic N) is 1. The van der Waals surface area contributed by atoms with Gasteiger partial charge in [0.15, 0.2) is 0 Å². The smallest absolute Gasteiger partial charge is 0.219 e. The van der Waals surface area contributed by atoms with E-state index >= 15 is 0 Å². The largest absolute Gasteiger partial charge is 0.490 e. The standard InChI is InChI=1S/C18H25N3O2/c1-4-17(22)20-13-6-5-7-14(9-13)23-16-8-11(2)18-15(12(16)3)10-19-21-18/h8,10,13-14H,4-7,9H2,1-3H3,(H,19,21)(H,20,22). The van der Waals surface area contributed by atoms with E-state index in [9.17, 15) is 4.79 Å². The Hall–Kier alpha value is -2.04. The van der Waals surface area contributed by atoms with Crippen molar-refractivity contribution in [3.63, 3.8) is 0 Å². The third-order valence-corrected chi connectivity index (χ3v) is 4.76. The van der Waals surface area contributed by atoms with Crippen LogP contribution in [0.1, 0.15) is 50.2 Å². The number of carbonyl (C=O) groups excluding carboxylic acids is 1. The molecule has 2 aromatic rings. The normalized spacial score (nSPS) is 21.3. The predicted molar refractivity (Wildman–Crippen MR) is 90.7 cm³/mol. The second-order valence-corrected chi connectivity index (χ2v) is 6.50. The van der Waals surface area contributed by atoms with Gasteiger partial charge in [0.05, 0.1) is 11.7 Å². The molecule has 1 aromatic heterocycles. The van der Waals surface area contributed by atoms with Gasteiger partial charge in [-0.3, -0.25) is 9.89 Å². The third-order valence-electron chi connectivity index (χ3n) is 4.76. The number of ether oxygens (including phenoxy) is 1. The Balaban J connectivity index is 1.74. The minimum Gasteiger partial charge on any atom is -0.490 e. The zero-order valence-corrected chi connectivity index (χ0v) is 14.1. The maximum absolute atomic E-state index is 11.6. The van der Waals surface area contributed by atoms with Crippen molar-refractivity contribution in [3.8, 4) is 5.75 Å². The first-order chi connectivity index (χ1) is 11.1. The molecule has 1 fully saturated rings. The predicted octanol–water partition coefficient (Wildman–Crippen LogP) is 3.40. The number of fused-ring (bicyclic) bond motifs is 1. The molecule has 1 heterocycles. The Morgan fingerprint density at radius 3 is 3.04 bits per heavy atom. The first kappa shape index (κ1) is 15.8. The molecule has 2 atom stereocenters. The topological polar surface area (TPSA) is 67.0 Å². The van der Waals surface area contributed by atoms with E-state index in [4.69, 9.17) is 4.74 Å². The van der Waals surface area contributed by atoms with Crippen LogP contribution < -0.4 is 10.1 Å². The van der Waals surface area contributed by atoms with Crippen molar-refractivity contribution in [2.75, 3.05) is 0 Å². The maximum Gasteiger partial charge on any atom is 0.219 e. The number of H-pyrrole nitrogens is 1. The molecule has 1 aliphatic carbocycles. The SMILES string of the molecule is CCC(=O)NC1CCCC(Oc2cc(C)c3[nH]ncc3c2C)C1. The Morgan fingerprint density at radius 2 is 2.26 bits per heavy atom. The maximum atomic E-state index is 11.6. The van der Waals surface area contributed by atoms with E-state index in [-0.39, 0.29) is 18.1 Å². The van der Waals surface area contributed by atoms with Crippen molar-refractivity contribution >= 4 is 16.8 Å². The molecule has 0 saturated heterocycles. The molecule has 0 spiro atoms. The van der Waals surface area contributed by atoms with E-state index in [1.165, 1.54) is 0 Å². The number of carbonyl (C=O) groups is 1. The van der Waals surface area contributed by atoms with Crippen molar-refractivity contribution in [1.29, 1.82) is 0 Å². The number of aromatic nitrogens is 2. The summed E-state index contributed by atoms with van der Waals surface area (Å²) in [6.45, 7) is 6.03. The number of benzene rings is 1. The fourth-order valence-corrected chi connectivity index (χ4v) is 3.40. The van der Waals surface area contributed by atoms with Crippen LogP contribution in [0.15, 0.2) is 12.3 Å². The zero-order chi connectivity index (χ0) is 16.4. The Bertz CT molecular complexity index is 708. The van der Waals surface area contributed by atoms with Gasteiger partial charge in [-0.2, -0.15) is 5.10 Å². The zero-order valence-electron chi connectivity index (χ0n) is 14.1. The molecule has 0 radical (unpaired) electrons. The van der Waals surface area contributed by atoms with E-state index in [0.29, 0.717) is 6.42 Å². The Morgan fingerprint density at radius 1 is 1.43 bits per heavy atom. The third kappa shape index (κ3) is 3.33. The Kier molecular flexibility index (Phi) is 4.55. The van der Waals surface area contributed by atoms with Crippen LogP contribution >= 0.6 is 0 Å². The van der Waals surface area contributed by atoms with Crippen molar-refractivity contribution in [1.82, 2.24) is 15.5 Å². The highest BCUT2D eigenvalue weighted by molar-refractivity contribution is 5.86. The van der Waals surface area contributed by atoms with Gasteiger partial charge in [-0.15, -0.1) is 0 Å². The van der Waals surface area contributed by atoms with Gasteiger partial charge in [0.1, 0.15) is 11.9 Å². The number of hydrogen-bond donors (Lipinski definition) is 2. The van der Waals surface area contributed by atoms with E-state index in [1.54, 1.807) is 0 Å². The molecule has 124 valence electrons. The number of hydrogen-bond acceptors (Lipinski definition) is 3. The summed E-state index contributed by atoms with van der Waals surface area (Å²) in [4.78, 5) is 11.6. The van der Waals surface area contributed by atoms with E-state index in [0.717, 1.165) is 53.5 Å². The molecule has 3 rings (SSSR count). The van der Waals surface area contributed by atoms with Crippen molar-refractivity contribution in [2.45, 2.75) is 65.0 Å². The fourth-order valence-electron chi connectivity index (χ4n) is 3.40. The molecule has 0 bridgehead atoms. The molecule has 1 aliphatic rings. The molecular formula is C18H25N3O2. The lowest BCUT2D eigenvalue weighted by Gasteiger charge is -2.30. The average Bonchev–Trinajstić information content (AvgIpc) is 3.03. The number of aromatic amines is 1. The summed E-state index contributed by atoms with van der Waals surface area (Å²) in [7, 11) is 0. The number of rotatable bonds is 4. The minimum absolute atomic E-state index is 0.127. The Labute approximate surface area is 136 Å². The molecule has 0 aliphatic heterocycles. The van der Waals surface area contributed by atoms with Gasteiger partial charge < -0.3 is 10.1 Å². The van der Waals surface area contributed by atoms with Gasteiger partial charge >= 0.3 is 0 Å². The average molecular weight is 315 g/mol. The molecule has 2 N–H and O–H groups in total. The first-order valence-corrected chi connectivity index (χ1v) is 8.47. The van der Waals surface area contributed by atoms with Gasteiger partial charge in [0.2, 0.25) is 5.91 Å². The summed E-state index contributed by atoms with van der Waals surface area (Å²) >= 11 is 0. The van der Waals surface area contributed by atoms with Crippen LogP contribution in [-0.4, -0.2) is 28.3 Å². The van der Waals surface area contributed by atoms with E-state index in [1.807, 2.05) is 13.1 Å². The summed E-state index contributed by atoms with van der Waals surface area (Å²) in [5.41, 5.74) is 3.34. The van der Waals surface area contributed by atoms with Crippen molar-refractivity contribution < 1.29 is 9.53 Å². The number of amides is 1. The van der Waals surface area contributed by atoms with Gasteiger partial charge in [-0.1, -0.05) is 6.92 Å². The number of aryl methyl sites for hydroxylation is 2. The number of nitrogens with one attached hydrogen (secondary N) is 2. The molecule has 23 heavy (non-hydrogen) atoms. The second-order valence-electron chi connectivity index (χ2n) is 6.50. The summed E-state index contributed by atoms with van der Waals surface area (Å²) < 4.78 is 6.30. The van der Waals surface area contributed by atoms with Crippen LogP contribution in [0.5, 0.6) is 5.75 Å². The molecule has 2 unspecified atom stereocenters. The van der Waals surface area contributed by atoms with Crippen LogP contribution in [0.4, 0.5) is 0 Å². The highest BCUT2D eigenvalue weighted by Gasteiger charge is 2.25. The van der Waals surface area contributed by atoms with Gasteiger partial charge in [0, 0.05) is 29.8 Å². The molecule has 5 heteroatoms. The van der Waals surface area contributed by atoms with Gasteiger partial charge in [-0.25, -0.2) is 0 Å². The molecular weight excluding hydrogens is 290 g/mol. The minimum atomic E-state index is 0.127. The van der Waals surface area contributed by atoms with Crippen LogP contribution in [0.25, 0.3) is 10.9 Å². The fraction of sp³-hybridized carbons (Fsp3) is 0.556. The van der Waals surface area contributed by atoms with Crippen LogP contribution in [0.3, 0.4) is 0 Å². The van der Waals surface area contributed by atoms with Crippen molar-refractivity contribution in [2.24, 2.45) is 0 Å². The monoisotopic (exact) mass is 315 g/mol. The van der Waals surface area contributed by atoms with Crippen LogP contribution in [0.2, 0.25) is 0 Å². The summed E-state index contributed by atoms with van der Waals surface area (Å²) in [6, 6.07) is 2.32. The van der Waals surface area contributed by atoms with E-state index < -0.39 is 0 Å². The summed E-state index contributed by atoms with van der Waals surface area (Å²) in [6.07, 6.45) is 6.62. The van der Waals surface area contributed by atoms with Crippen LogP contribution in [-0.2, 0) is 4.79 Å². The summed E-state index contributed by atoms with van der Waals surface area (Å²) in [5.74, 6) is 1.06. The molecule has 1 aromatic carbocycles. The van der Waals surface area contributed by atoms with Crippen LogP contribution in [0, 0.1) is 13.8 Å². The highest BCUT2D eigenvalue weighted by atomic mass is 16.5. The lowest BCUT2D eigenvalue weighted by molar-refractivity contribution is -0.121. The highest BCUT2D eigenvalue weighted by Crippen LogP contribution is 2.32. The lowest BCUT2D eigenvalue weighted by atomic mass is 9.92. The molecule has 1 amide bonds. The van der Waals surface area contributed by atoms with Gasteiger partial charge in [-0.05, 0) is 44.7 Å². The molecule has 1 saturated carbocycles. The molecule has 5 nitrogen and oxygen atoms in total. The first-order valence-electron chi connectivity index (χ1n) is 8.47. The lowest BCUT2D eigenvalue weighted by Crippen LogP contribution is -2.41. The summed E-state index contributed by atoms with van der Waals surface area (Å²) in [5, 5.41) is 11.4. The van der Waals surface area contributed by atoms with Crippen molar-refractivity contribution in [3.05, 3.63) is 23.4 Å². The quantitative estimate of drug-likeness (QED) is 0.908.